The van der Waals surface area contributed by atoms with Gasteiger partial charge in [-0.25, -0.2) is 4.39 Å². The van der Waals surface area contributed by atoms with E-state index in [0.29, 0.717) is 5.56 Å². The summed E-state index contributed by atoms with van der Waals surface area (Å²) >= 11 is 0. The van der Waals surface area contributed by atoms with Crippen LogP contribution in [0.1, 0.15) is 30.0 Å². The smallest absolute Gasteiger partial charge is 0.324 e. The molecule has 0 aliphatic heterocycles. The Labute approximate surface area is 102 Å². The molecule has 0 heterocycles. The van der Waals surface area contributed by atoms with Gasteiger partial charge in [-0.15, -0.1) is 12.4 Å². The monoisotopic (exact) mass is 269 g/mol. The molecule has 1 atom stereocenters. The Balaban J connectivity index is 0.00000144. The molecule has 0 unspecified atom stereocenters. The van der Waals surface area contributed by atoms with Gasteiger partial charge in [0, 0.05) is 6.04 Å². The molecular weight excluding hydrogens is 258 g/mol. The Morgan fingerprint density at radius 2 is 1.82 bits per heavy atom. The molecule has 6 heteroatoms. The van der Waals surface area contributed by atoms with Crippen molar-refractivity contribution in [2.24, 2.45) is 11.7 Å². The lowest BCUT2D eigenvalue weighted by Crippen LogP contribution is -2.15. The zero-order valence-electron chi connectivity index (χ0n) is 8.80. The summed E-state index contributed by atoms with van der Waals surface area (Å²) in [5.74, 6) is -1.01. The number of rotatable bonds is 2. The van der Waals surface area contributed by atoms with E-state index in [1.54, 1.807) is 0 Å². The maximum absolute atomic E-state index is 13.0. The Morgan fingerprint density at radius 1 is 1.24 bits per heavy atom. The molecule has 0 bridgehead atoms. The summed E-state index contributed by atoms with van der Waals surface area (Å²) in [5, 5.41) is 0. The van der Waals surface area contributed by atoms with Gasteiger partial charge in [0.05, 0.1) is 5.56 Å². The number of benzene rings is 1. The summed E-state index contributed by atoms with van der Waals surface area (Å²) in [7, 11) is 0. The highest BCUT2D eigenvalue weighted by Gasteiger charge is 2.36. The molecule has 1 aliphatic carbocycles. The number of hydrogen-bond acceptors (Lipinski definition) is 1. The van der Waals surface area contributed by atoms with Gasteiger partial charge in [0.25, 0.3) is 0 Å². The largest absolute Gasteiger partial charge is 0.419 e. The van der Waals surface area contributed by atoms with Crippen LogP contribution in [0.25, 0.3) is 0 Å². The van der Waals surface area contributed by atoms with Crippen LogP contribution in [0.4, 0.5) is 17.6 Å². The van der Waals surface area contributed by atoms with E-state index in [1.165, 1.54) is 6.07 Å². The fraction of sp³-hybridized carbons (Fsp3) is 0.455. The van der Waals surface area contributed by atoms with E-state index in [2.05, 4.69) is 0 Å². The SMILES string of the molecule is Cl.N[C@@H](c1ccc(F)c(C(F)(F)F)c1)C1CC1. The van der Waals surface area contributed by atoms with Gasteiger partial charge in [-0.3, -0.25) is 0 Å². The Kier molecular flexibility index (Phi) is 4.04. The number of hydrogen-bond donors (Lipinski definition) is 1. The Morgan fingerprint density at radius 3 is 2.29 bits per heavy atom. The fourth-order valence-electron chi connectivity index (χ4n) is 1.69. The van der Waals surface area contributed by atoms with E-state index in [0.717, 1.165) is 25.0 Å². The van der Waals surface area contributed by atoms with Crippen molar-refractivity contribution in [2.75, 3.05) is 0 Å². The third-order valence-corrected chi connectivity index (χ3v) is 2.81. The van der Waals surface area contributed by atoms with Crippen LogP contribution in [-0.4, -0.2) is 0 Å². The maximum atomic E-state index is 13.0. The molecule has 1 saturated carbocycles. The van der Waals surface area contributed by atoms with Gasteiger partial charge in [-0.2, -0.15) is 13.2 Å². The summed E-state index contributed by atoms with van der Waals surface area (Å²) in [6, 6.07) is 2.56. The summed E-state index contributed by atoms with van der Waals surface area (Å²) in [4.78, 5) is 0. The minimum Gasteiger partial charge on any atom is -0.324 e. The third kappa shape index (κ3) is 3.10. The van der Waals surface area contributed by atoms with Crippen LogP contribution >= 0.6 is 12.4 Å². The summed E-state index contributed by atoms with van der Waals surface area (Å²) < 4.78 is 50.3. The van der Waals surface area contributed by atoms with Crippen LogP contribution in [0.15, 0.2) is 18.2 Å². The first kappa shape index (κ1) is 14.3. The van der Waals surface area contributed by atoms with Gasteiger partial charge in [0.2, 0.25) is 0 Å². The summed E-state index contributed by atoms with van der Waals surface area (Å²) in [5.41, 5.74) is 4.90. The quantitative estimate of drug-likeness (QED) is 0.815. The predicted molar refractivity (Wildman–Crippen MR) is 58.3 cm³/mol. The molecule has 1 fully saturated rings. The molecule has 0 saturated heterocycles. The lowest BCUT2D eigenvalue weighted by molar-refractivity contribution is -0.140. The maximum Gasteiger partial charge on any atom is 0.419 e. The zero-order valence-corrected chi connectivity index (χ0v) is 9.61. The van der Waals surface area contributed by atoms with E-state index in [9.17, 15) is 17.6 Å². The molecule has 0 amide bonds. The van der Waals surface area contributed by atoms with E-state index in [-0.39, 0.29) is 18.3 Å². The molecule has 1 aromatic carbocycles. The lowest BCUT2D eigenvalue weighted by atomic mass is 10.0. The first-order valence-electron chi connectivity index (χ1n) is 5.02. The van der Waals surface area contributed by atoms with Crippen molar-refractivity contribution in [3.05, 3.63) is 35.1 Å². The van der Waals surface area contributed by atoms with Crippen molar-refractivity contribution in [1.29, 1.82) is 0 Å². The number of halogens is 5. The second-order valence-corrected chi connectivity index (χ2v) is 4.10. The van der Waals surface area contributed by atoms with Crippen molar-refractivity contribution in [3.63, 3.8) is 0 Å². The molecule has 1 aromatic rings. The first-order chi connectivity index (χ1) is 7.39. The Bertz CT molecular complexity index is 401. The van der Waals surface area contributed by atoms with Crippen molar-refractivity contribution in [2.45, 2.75) is 25.1 Å². The Hall–Kier alpha value is -0.810. The molecule has 2 rings (SSSR count). The van der Waals surface area contributed by atoms with Crippen LogP contribution in [-0.2, 0) is 6.18 Å². The van der Waals surface area contributed by atoms with Crippen LogP contribution in [0.2, 0.25) is 0 Å². The highest BCUT2D eigenvalue weighted by atomic mass is 35.5. The second kappa shape index (κ2) is 4.82. The van der Waals surface area contributed by atoms with Gasteiger partial charge in [-0.05, 0) is 36.5 Å². The molecule has 1 nitrogen and oxygen atoms in total. The van der Waals surface area contributed by atoms with Crippen LogP contribution in [0.3, 0.4) is 0 Å². The van der Waals surface area contributed by atoms with E-state index in [4.69, 9.17) is 5.73 Å². The zero-order chi connectivity index (χ0) is 11.9. The lowest BCUT2D eigenvalue weighted by Gasteiger charge is -2.14. The van der Waals surface area contributed by atoms with E-state index < -0.39 is 23.6 Å². The highest BCUT2D eigenvalue weighted by molar-refractivity contribution is 5.85. The van der Waals surface area contributed by atoms with Gasteiger partial charge in [0.1, 0.15) is 5.82 Å². The highest BCUT2D eigenvalue weighted by Crippen LogP contribution is 2.41. The van der Waals surface area contributed by atoms with Crippen molar-refractivity contribution >= 4 is 12.4 Å². The summed E-state index contributed by atoms with van der Waals surface area (Å²) in [6.45, 7) is 0. The minimum atomic E-state index is -4.66. The number of alkyl halides is 3. The van der Waals surface area contributed by atoms with Gasteiger partial charge in [0.15, 0.2) is 0 Å². The van der Waals surface area contributed by atoms with E-state index >= 15 is 0 Å². The minimum absolute atomic E-state index is 0. The molecular formula is C11H12ClF4N. The molecule has 96 valence electrons. The van der Waals surface area contributed by atoms with Crippen molar-refractivity contribution in [1.82, 2.24) is 0 Å². The molecule has 0 radical (unpaired) electrons. The van der Waals surface area contributed by atoms with E-state index in [1.807, 2.05) is 0 Å². The average Bonchev–Trinajstić information content (AvgIpc) is 2.98. The van der Waals surface area contributed by atoms with Crippen LogP contribution in [0, 0.1) is 11.7 Å². The predicted octanol–water partition coefficient (Wildman–Crippen LogP) is 3.68. The summed E-state index contributed by atoms with van der Waals surface area (Å²) in [6.07, 6.45) is -2.80. The van der Waals surface area contributed by atoms with Gasteiger partial charge < -0.3 is 5.73 Å². The van der Waals surface area contributed by atoms with Crippen molar-refractivity contribution in [3.8, 4) is 0 Å². The van der Waals surface area contributed by atoms with Crippen molar-refractivity contribution < 1.29 is 17.6 Å². The standard InChI is InChI=1S/C11H11F4N.ClH/c12-9-4-3-7(10(16)6-1-2-6)5-8(9)11(13,14)15;/h3-6,10H,1-2,16H2;1H/t10-;/m1./s1. The van der Waals surface area contributed by atoms with Gasteiger partial charge >= 0.3 is 6.18 Å². The molecule has 0 aromatic heterocycles. The first-order valence-corrected chi connectivity index (χ1v) is 5.02. The average molecular weight is 270 g/mol. The molecule has 17 heavy (non-hydrogen) atoms. The third-order valence-electron chi connectivity index (χ3n) is 2.81. The fourth-order valence-corrected chi connectivity index (χ4v) is 1.69. The molecule has 2 N–H and O–H groups in total. The van der Waals surface area contributed by atoms with Crippen LogP contribution in [0.5, 0.6) is 0 Å². The van der Waals surface area contributed by atoms with Crippen LogP contribution < -0.4 is 5.73 Å². The second-order valence-electron chi connectivity index (χ2n) is 4.10. The number of nitrogens with two attached hydrogens (primary N) is 1. The molecule has 1 aliphatic rings. The topological polar surface area (TPSA) is 26.0 Å². The normalized spacial score (nSPS) is 17.5. The molecule has 0 spiro atoms. The van der Waals surface area contributed by atoms with Gasteiger partial charge in [-0.1, -0.05) is 6.07 Å².